The molecule has 0 aliphatic carbocycles. The van der Waals surface area contributed by atoms with Crippen LogP contribution in [0, 0.1) is 10.8 Å². The number of likely N-dealkylation sites (tertiary alicyclic amines) is 1. The van der Waals surface area contributed by atoms with Gasteiger partial charge in [0.15, 0.2) is 0 Å². The second-order valence-corrected chi connectivity index (χ2v) is 5.46. The molecule has 2 saturated heterocycles. The first kappa shape index (κ1) is 9.97. The first-order chi connectivity index (χ1) is 6.47. The van der Waals surface area contributed by atoms with Gasteiger partial charge in [-0.25, -0.2) is 0 Å². The minimum absolute atomic E-state index is 0.0310. The molecule has 0 aromatic rings. The maximum atomic E-state index is 8.11. The Morgan fingerprint density at radius 2 is 1.71 bits per heavy atom. The van der Waals surface area contributed by atoms with Crippen molar-refractivity contribution in [1.29, 1.82) is 5.41 Å². The van der Waals surface area contributed by atoms with Gasteiger partial charge in [-0.1, -0.05) is 20.8 Å². The molecule has 2 bridgehead atoms. The molecule has 80 valence electrons. The number of nitrogens with zero attached hydrogens (tertiary/aromatic N) is 1. The van der Waals surface area contributed by atoms with Crippen LogP contribution in [0.1, 0.15) is 33.6 Å². The Balaban J connectivity index is 2.03. The zero-order valence-electron chi connectivity index (χ0n) is 9.34. The molecule has 0 spiro atoms. The van der Waals surface area contributed by atoms with Crippen molar-refractivity contribution < 1.29 is 4.74 Å². The molecule has 2 atom stereocenters. The van der Waals surface area contributed by atoms with Crippen LogP contribution in [-0.4, -0.2) is 36.0 Å². The van der Waals surface area contributed by atoms with Crippen molar-refractivity contribution >= 4 is 5.84 Å². The average molecular weight is 196 g/mol. The van der Waals surface area contributed by atoms with Gasteiger partial charge in [0.1, 0.15) is 5.84 Å². The van der Waals surface area contributed by atoms with Crippen LogP contribution in [0.3, 0.4) is 0 Å². The van der Waals surface area contributed by atoms with Gasteiger partial charge in [0, 0.05) is 18.5 Å². The fraction of sp³-hybridized carbons (Fsp3) is 0.909. The van der Waals surface area contributed by atoms with Gasteiger partial charge in [-0.2, -0.15) is 0 Å². The maximum absolute atomic E-state index is 8.11. The Labute approximate surface area is 85.9 Å². The molecule has 3 nitrogen and oxygen atoms in total. The van der Waals surface area contributed by atoms with Crippen LogP contribution in [0.15, 0.2) is 0 Å². The van der Waals surface area contributed by atoms with Crippen LogP contribution in [0.5, 0.6) is 0 Å². The first-order valence-electron chi connectivity index (χ1n) is 5.46. The highest BCUT2D eigenvalue weighted by Gasteiger charge is 2.36. The van der Waals surface area contributed by atoms with Gasteiger partial charge in [0.2, 0.25) is 0 Å². The first-order valence-corrected chi connectivity index (χ1v) is 5.46. The SMILES string of the molecule is CC(C)(C)C(=N)N1CC2CCC(C1)O2. The van der Waals surface area contributed by atoms with E-state index in [2.05, 4.69) is 25.7 Å². The van der Waals surface area contributed by atoms with E-state index in [9.17, 15) is 0 Å². The van der Waals surface area contributed by atoms with Crippen LogP contribution >= 0.6 is 0 Å². The van der Waals surface area contributed by atoms with Gasteiger partial charge in [-0.3, -0.25) is 5.41 Å². The summed E-state index contributed by atoms with van der Waals surface area (Å²) in [5.74, 6) is 0.762. The summed E-state index contributed by atoms with van der Waals surface area (Å²) in [5, 5.41) is 8.11. The molecule has 0 saturated carbocycles. The Morgan fingerprint density at radius 3 is 2.14 bits per heavy atom. The lowest BCUT2D eigenvalue weighted by Gasteiger charge is -2.38. The molecular formula is C11H20N2O. The molecule has 1 N–H and O–H groups in total. The summed E-state index contributed by atoms with van der Waals surface area (Å²) in [6.07, 6.45) is 3.13. The van der Waals surface area contributed by atoms with Crippen LogP contribution in [0.2, 0.25) is 0 Å². The molecule has 2 aliphatic rings. The molecule has 2 rings (SSSR count). The Bertz CT molecular complexity index is 232. The summed E-state index contributed by atoms with van der Waals surface area (Å²) in [4.78, 5) is 2.20. The number of ether oxygens (including phenoxy) is 1. The molecule has 2 unspecified atom stereocenters. The van der Waals surface area contributed by atoms with E-state index >= 15 is 0 Å². The van der Waals surface area contributed by atoms with E-state index < -0.39 is 0 Å². The van der Waals surface area contributed by atoms with Crippen LogP contribution in [0.4, 0.5) is 0 Å². The third kappa shape index (κ3) is 1.78. The van der Waals surface area contributed by atoms with E-state index in [-0.39, 0.29) is 5.41 Å². The molecule has 0 radical (unpaired) electrons. The van der Waals surface area contributed by atoms with Gasteiger partial charge < -0.3 is 9.64 Å². The third-order valence-electron chi connectivity index (χ3n) is 3.07. The lowest BCUT2D eigenvalue weighted by atomic mass is 9.93. The summed E-state index contributed by atoms with van der Waals surface area (Å²) in [7, 11) is 0. The van der Waals surface area contributed by atoms with E-state index in [0.717, 1.165) is 18.9 Å². The molecule has 2 heterocycles. The summed E-state index contributed by atoms with van der Waals surface area (Å²) in [6, 6.07) is 0. The van der Waals surface area contributed by atoms with Gasteiger partial charge in [-0.15, -0.1) is 0 Å². The lowest BCUT2D eigenvalue weighted by Crippen LogP contribution is -2.49. The van der Waals surface area contributed by atoms with Crippen molar-refractivity contribution in [2.45, 2.75) is 45.8 Å². The quantitative estimate of drug-likeness (QED) is 0.474. The van der Waals surface area contributed by atoms with Crippen LogP contribution in [0.25, 0.3) is 0 Å². The van der Waals surface area contributed by atoms with Crippen molar-refractivity contribution in [3.63, 3.8) is 0 Å². The monoisotopic (exact) mass is 196 g/mol. The highest BCUT2D eigenvalue weighted by atomic mass is 16.5. The van der Waals surface area contributed by atoms with E-state index in [1.165, 1.54) is 12.8 Å². The Hall–Kier alpha value is -0.570. The number of nitrogens with one attached hydrogen (secondary N) is 1. The normalized spacial score (nSPS) is 32.1. The van der Waals surface area contributed by atoms with Gasteiger partial charge in [0.05, 0.1) is 12.2 Å². The molecule has 0 amide bonds. The minimum atomic E-state index is -0.0310. The second-order valence-electron chi connectivity index (χ2n) is 5.46. The zero-order chi connectivity index (χ0) is 10.3. The van der Waals surface area contributed by atoms with Crippen LogP contribution in [-0.2, 0) is 4.74 Å². The predicted octanol–water partition coefficient (Wildman–Crippen LogP) is 1.87. The average Bonchev–Trinajstić information content (AvgIpc) is 2.42. The molecule has 0 aromatic heterocycles. The van der Waals surface area contributed by atoms with E-state index in [4.69, 9.17) is 10.1 Å². The van der Waals surface area contributed by atoms with E-state index in [0.29, 0.717) is 12.2 Å². The Morgan fingerprint density at radius 1 is 1.21 bits per heavy atom. The van der Waals surface area contributed by atoms with Crippen LogP contribution < -0.4 is 0 Å². The smallest absolute Gasteiger partial charge is 0.101 e. The highest BCUT2D eigenvalue weighted by Crippen LogP contribution is 2.29. The number of hydrogen-bond donors (Lipinski definition) is 1. The summed E-state index contributed by atoms with van der Waals surface area (Å²) in [5.41, 5.74) is -0.0310. The van der Waals surface area contributed by atoms with E-state index in [1.54, 1.807) is 0 Å². The molecular weight excluding hydrogens is 176 g/mol. The third-order valence-corrected chi connectivity index (χ3v) is 3.07. The van der Waals surface area contributed by atoms with Crippen molar-refractivity contribution in [2.75, 3.05) is 13.1 Å². The zero-order valence-corrected chi connectivity index (χ0v) is 9.34. The number of rotatable bonds is 0. The molecule has 0 aromatic carbocycles. The largest absolute Gasteiger partial charge is 0.371 e. The fourth-order valence-corrected chi connectivity index (χ4v) is 2.27. The van der Waals surface area contributed by atoms with Gasteiger partial charge >= 0.3 is 0 Å². The lowest BCUT2D eigenvalue weighted by molar-refractivity contribution is -0.0182. The maximum Gasteiger partial charge on any atom is 0.101 e. The molecule has 2 fully saturated rings. The molecule has 2 aliphatic heterocycles. The van der Waals surface area contributed by atoms with Crippen molar-refractivity contribution in [3.8, 4) is 0 Å². The fourth-order valence-electron chi connectivity index (χ4n) is 2.27. The van der Waals surface area contributed by atoms with Crippen molar-refractivity contribution in [2.24, 2.45) is 5.41 Å². The highest BCUT2D eigenvalue weighted by molar-refractivity contribution is 5.84. The standard InChI is InChI=1S/C11H20N2O/c1-11(2,3)10(12)13-6-8-4-5-9(7-13)14-8/h8-9,12H,4-7H2,1-3H3. The Kier molecular flexibility index (Phi) is 2.30. The second kappa shape index (κ2) is 3.23. The predicted molar refractivity (Wildman–Crippen MR) is 56.6 cm³/mol. The number of amidine groups is 1. The number of morpholine rings is 1. The molecule has 14 heavy (non-hydrogen) atoms. The summed E-state index contributed by atoms with van der Waals surface area (Å²) < 4.78 is 5.75. The van der Waals surface area contributed by atoms with Crippen molar-refractivity contribution in [1.82, 2.24) is 4.90 Å². The van der Waals surface area contributed by atoms with E-state index in [1.807, 2.05) is 0 Å². The van der Waals surface area contributed by atoms with Gasteiger partial charge in [-0.05, 0) is 12.8 Å². The molecule has 3 heteroatoms. The topological polar surface area (TPSA) is 36.3 Å². The van der Waals surface area contributed by atoms with Gasteiger partial charge in [0.25, 0.3) is 0 Å². The summed E-state index contributed by atoms with van der Waals surface area (Å²) >= 11 is 0. The number of fused-ring (bicyclic) bond motifs is 2. The van der Waals surface area contributed by atoms with Crippen molar-refractivity contribution in [3.05, 3.63) is 0 Å². The number of hydrogen-bond acceptors (Lipinski definition) is 2. The summed E-state index contributed by atoms with van der Waals surface area (Å²) in [6.45, 7) is 8.16. The minimum Gasteiger partial charge on any atom is -0.371 e.